The van der Waals surface area contributed by atoms with Gasteiger partial charge in [0.15, 0.2) is 0 Å². The molecule has 0 radical (unpaired) electrons. The average Bonchev–Trinajstić information content (AvgIpc) is 2.48. The molecule has 0 aliphatic carbocycles. The van der Waals surface area contributed by atoms with E-state index in [0.717, 1.165) is 6.54 Å². The summed E-state index contributed by atoms with van der Waals surface area (Å²) in [7, 11) is 2.08. The Morgan fingerprint density at radius 3 is 2.57 bits per heavy atom. The first-order valence-corrected chi connectivity index (χ1v) is 12.4. The van der Waals surface area contributed by atoms with Gasteiger partial charge in [-0.3, -0.25) is 0 Å². The van der Waals surface area contributed by atoms with Gasteiger partial charge in [-0.05, 0) is 0 Å². The van der Waals surface area contributed by atoms with E-state index in [-0.39, 0.29) is 5.82 Å². The molecule has 4 heteroatoms. The molecule has 2 rings (SSSR count). The summed E-state index contributed by atoms with van der Waals surface area (Å²) in [5.41, 5.74) is 0. The quantitative estimate of drug-likeness (QED) is 0.783. The fourth-order valence-corrected chi connectivity index (χ4v) is 14.9. The molecule has 1 aromatic carbocycles. The number of halogens is 1. The van der Waals surface area contributed by atoms with Gasteiger partial charge in [-0.1, -0.05) is 0 Å². The van der Waals surface area contributed by atoms with Crippen LogP contribution in [0.15, 0.2) is 24.3 Å². The molecule has 1 aromatic rings. The summed E-state index contributed by atoms with van der Waals surface area (Å²) in [5.74, 6) is 2.19. The van der Waals surface area contributed by atoms with Gasteiger partial charge in [-0.25, -0.2) is 0 Å². The summed E-state index contributed by atoms with van der Waals surface area (Å²) in [6, 6.07) is 7.01. The van der Waals surface area contributed by atoms with Gasteiger partial charge in [0.1, 0.15) is 0 Å². The number of rotatable bonds is 1. The van der Waals surface area contributed by atoms with Gasteiger partial charge in [0.2, 0.25) is 0 Å². The van der Waals surface area contributed by atoms with Crippen molar-refractivity contribution in [2.45, 2.75) is 17.9 Å². The second-order valence-electron chi connectivity index (χ2n) is 3.85. The molecule has 14 heavy (non-hydrogen) atoms. The minimum absolute atomic E-state index is 0.143. The van der Waals surface area contributed by atoms with Crippen LogP contribution in [0, 0.1) is 5.82 Å². The van der Waals surface area contributed by atoms with Gasteiger partial charge < -0.3 is 0 Å². The first kappa shape index (κ1) is 10.5. The first-order valence-electron chi connectivity index (χ1n) is 4.79. The van der Waals surface area contributed by atoms with Crippen molar-refractivity contribution in [3.8, 4) is 0 Å². The van der Waals surface area contributed by atoms with Gasteiger partial charge in [-0.2, -0.15) is 0 Å². The van der Waals surface area contributed by atoms with Crippen molar-refractivity contribution in [3.63, 3.8) is 0 Å². The number of hydrogen-bond donors (Lipinski definition) is 1. The van der Waals surface area contributed by atoms with Crippen molar-refractivity contribution in [2.24, 2.45) is 0 Å². The van der Waals surface area contributed by atoms with Gasteiger partial charge in [-0.15, -0.1) is 0 Å². The fraction of sp³-hybridized carbons (Fsp3) is 0.400. The molecule has 0 aromatic heterocycles. The standard InChI is InChI=1S/C10H14FGeNS/c1-8-7-13-12(2,14-8)10-5-3-9(11)4-6-10/h3-6,8,13H,7H2,1-2H3. The molecule has 76 valence electrons. The SMILES string of the molecule is CC1C[NH][Ge]([CH3])([c]2ccc(F)cc2)[S]1. The summed E-state index contributed by atoms with van der Waals surface area (Å²) in [6.45, 7) is 3.34. The monoisotopic (exact) mass is 273 g/mol. The van der Waals surface area contributed by atoms with E-state index >= 15 is 0 Å². The third-order valence-electron chi connectivity index (χ3n) is 2.56. The molecule has 1 N–H and O–H groups in total. The Morgan fingerprint density at radius 1 is 1.43 bits per heavy atom. The summed E-state index contributed by atoms with van der Waals surface area (Å²) in [4.78, 5) is 0. The second kappa shape index (κ2) is 3.87. The fourth-order valence-electron chi connectivity index (χ4n) is 1.76. The Balaban J connectivity index is 2.26. The van der Waals surface area contributed by atoms with Crippen molar-refractivity contribution >= 4 is 26.8 Å². The molecule has 1 nitrogen and oxygen atoms in total. The van der Waals surface area contributed by atoms with Crippen LogP contribution >= 0.6 is 10.1 Å². The van der Waals surface area contributed by atoms with Crippen LogP contribution in [0.4, 0.5) is 4.39 Å². The topological polar surface area (TPSA) is 12.0 Å². The Labute approximate surface area is 90.1 Å². The molecule has 1 saturated heterocycles. The van der Waals surface area contributed by atoms with Crippen LogP contribution in [0.25, 0.3) is 0 Å². The molecule has 0 amide bonds. The van der Waals surface area contributed by atoms with Crippen molar-refractivity contribution < 1.29 is 4.39 Å². The Hall–Kier alpha value is 0.00286. The molecular formula is C10H14FGeNS. The number of nitrogens with one attached hydrogen (secondary N) is 1. The van der Waals surface area contributed by atoms with Crippen LogP contribution in [0.1, 0.15) is 6.92 Å². The molecule has 1 fully saturated rings. The van der Waals surface area contributed by atoms with Crippen molar-refractivity contribution in [1.82, 2.24) is 4.27 Å². The Kier molecular flexibility index (Phi) is 2.91. The van der Waals surface area contributed by atoms with E-state index in [1.54, 1.807) is 12.1 Å². The average molecular weight is 272 g/mol. The van der Waals surface area contributed by atoms with E-state index in [2.05, 4.69) is 27.0 Å². The predicted octanol–water partition coefficient (Wildman–Crippen LogP) is 1.83. The maximum atomic E-state index is 12.8. The van der Waals surface area contributed by atoms with Crippen LogP contribution in [0.3, 0.4) is 0 Å². The normalized spacial score (nSPS) is 32.1. The summed E-state index contributed by atoms with van der Waals surface area (Å²) in [6.07, 6.45) is 0. The van der Waals surface area contributed by atoms with Gasteiger partial charge in [0, 0.05) is 0 Å². The first-order chi connectivity index (χ1) is 6.60. The van der Waals surface area contributed by atoms with E-state index in [1.165, 1.54) is 4.40 Å². The number of benzene rings is 1. The molecule has 1 aliphatic rings. The van der Waals surface area contributed by atoms with Gasteiger partial charge >= 0.3 is 90.1 Å². The molecule has 1 aliphatic heterocycles. The second-order valence-corrected chi connectivity index (χ2v) is 16.9. The van der Waals surface area contributed by atoms with E-state index in [9.17, 15) is 4.39 Å². The summed E-state index contributed by atoms with van der Waals surface area (Å²) >= 11 is -2.07. The molecule has 1 heterocycles. The van der Waals surface area contributed by atoms with E-state index in [0.29, 0.717) is 5.25 Å². The van der Waals surface area contributed by atoms with Crippen molar-refractivity contribution in [1.29, 1.82) is 0 Å². The molecule has 0 bridgehead atoms. The molecule has 2 unspecified atom stereocenters. The molecule has 2 atom stereocenters. The Bertz CT molecular complexity index is 329. The van der Waals surface area contributed by atoms with Crippen LogP contribution in [-0.4, -0.2) is 24.1 Å². The summed E-state index contributed by atoms with van der Waals surface area (Å²) in [5, 5.41) is 0.699. The van der Waals surface area contributed by atoms with Crippen LogP contribution in [0.5, 0.6) is 0 Å². The van der Waals surface area contributed by atoms with Gasteiger partial charge in [0.05, 0.1) is 0 Å². The minimum atomic E-state index is -2.07. The molecule has 0 saturated carbocycles. The third kappa shape index (κ3) is 1.99. The maximum absolute atomic E-state index is 12.8. The zero-order chi connectivity index (χ0) is 10.2. The van der Waals surface area contributed by atoms with Crippen LogP contribution in [0.2, 0.25) is 5.76 Å². The van der Waals surface area contributed by atoms with Crippen LogP contribution in [-0.2, 0) is 0 Å². The van der Waals surface area contributed by atoms with E-state index in [1.807, 2.05) is 12.1 Å². The third-order valence-corrected chi connectivity index (χ3v) is 15.9. The van der Waals surface area contributed by atoms with Gasteiger partial charge in [0.25, 0.3) is 0 Å². The van der Waals surface area contributed by atoms with Crippen molar-refractivity contribution in [3.05, 3.63) is 30.1 Å². The summed E-state index contributed by atoms with van der Waals surface area (Å²) < 4.78 is 17.7. The molecule has 0 spiro atoms. The molecular weight excluding hydrogens is 258 g/mol. The zero-order valence-electron chi connectivity index (χ0n) is 8.38. The zero-order valence-corrected chi connectivity index (χ0v) is 11.3. The van der Waals surface area contributed by atoms with Crippen LogP contribution < -0.4 is 8.67 Å². The van der Waals surface area contributed by atoms with E-state index in [4.69, 9.17) is 0 Å². The number of hydrogen-bond acceptors (Lipinski definition) is 2. The van der Waals surface area contributed by atoms with Crippen molar-refractivity contribution in [2.75, 3.05) is 6.54 Å². The predicted molar refractivity (Wildman–Crippen MR) is 62.7 cm³/mol. The Morgan fingerprint density at radius 2 is 2.07 bits per heavy atom. The van der Waals surface area contributed by atoms with E-state index < -0.39 is 12.3 Å².